The number of carboxylic acid groups (broad SMARTS) is 1. The Kier molecular flexibility index (Phi) is 5.66. The fourth-order valence-electron chi connectivity index (χ4n) is 2.36. The summed E-state index contributed by atoms with van der Waals surface area (Å²) in [6, 6.07) is 18.2. The highest BCUT2D eigenvalue weighted by Gasteiger charge is 2.29. The number of aromatic carboxylic acids is 1. The Bertz CT molecular complexity index is 903. The van der Waals surface area contributed by atoms with Crippen molar-refractivity contribution < 1.29 is 14.7 Å². The second kappa shape index (κ2) is 8.13. The Morgan fingerprint density at radius 3 is 2.50 bits per heavy atom. The zero-order chi connectivity index (χ0) is 18.5. The Morgan fingerprint density at radius 1 is 1.19 bits per heavy atom. The highest BCUT2D eigenvalue weighted by Crippen LogP contribution is 2.44. The molecule has 1 amide bonds. The predicted molar refractivity (Wildman–Crippen MR) is 102 cm³/mol. The molecule has 1 atom stereocenters. The zero-order valence-electron chi connectivity index (χ0n) is 13.5. The molecule has 26 heavy (non-hydrogen) atoms. The molecule has 130 valence electrons. The molecule has 2 N–H and O–H groups in total. The number of rotatable bonds is 5. The average Bonchev–Trinajstić information content (AvgIpc) is 2.67. The van der Waals surface area contributed by atoms with Crippen LogP contribution in [-0.4, -0.2) is 17.0 Å². The molecule has 0 aromatic heterocycles. The Morgan fingerprint density at radius 2 is 1.88 bits per heavy atom. The van der Waals surface area contributed by atoms with Crippen LogP contribution in [0.3, 0.4) is 0 Å². The van der Waals surface area contributed by atoms with Gasteiger partial charge in [0.25, 0.3) is 5.91 Å². The number of amides is 1. The summed E-state index contributed by atoms with van der Waals surface area (Å²) in [4.78, 5) is 23.3. The lowest BCUT2D eigenvalue weighted by molar-refractivity contribution is -0.117. The Labute approximate surface area is 159 Å². The summed E-state index contributed by atoms with van der Waals surface area (Å²) in [5.41, 5.74) is 2.20. The van der Waals surface area contributed by atoms with E-state index in [2.05, 4.69) is 5.32 Å². The quantitative estimate of drug-likeness (QED) is 0.815. The summed E-state index contributed by atoms with van der Waals surface area (Å²) in [7, 11) is 0. The predicted octanol–water partition coefficient (Wildman–Crippen LogP) is 3.91. The molecular formula is C19H14N2O3S2. The third-order valence-electron chi connectivity index (χ3n) is 3.70. The number of hydrogen-bond donors (Lipinski definition) is 2. The molecule has 0 bridgehead atoms. The van der Waals surface area contributed by atoms with E-state index in [1.54, 1.807) is 12.1 Å². The van der Waals surface area contributed by atoms with Gasteiger partial charge in [-0.15, -0.1) is 11.8 Å². The van der Waals surface area contributed by atoms with E-state index in [1.807, 2.05) is 36.4 Å². The van der Waals surface area contributed by atoms with Gasteiger partial charge in [0.1, 0.15) is 17.0 Å². The van der Waals surface area contributed by atoms with Crippen molar-refractivity contribution in [3.63, 3.8) is 0 Å². The van der Waals surface area contributed by atoms with Crippen molar-refractivity contribution in [1.29, 1.82) is 5.26 Å². The fraction of sp³-hybridized carbons (Fsp3) is 0.105. The molecular weight excluding hydrogens is 368 g/mol. The summed E-state index contributed by atoms with van der Waals surface area (Å²) >= 11 is 2.85. The maximum Gasteiger partial charge on any atom is 0.335 e. The van der Waals surface area contributed by atoms with E-state index >= 15 is 0 Å². The first kappa shape index (κ1) is 18.1. The SMILES string of the molecule is N#CC1=C(SCc2ccccc2)S[C@@H](c2ccc(C(=O)O)cc2)NC1=O. The van der Waals surface area contributed by atoms with E-state index in [1.165, 1.54) is 35.7 Å². The van der Waals surface area contributed by atoms with Crippen LogP contribution >= 0.6 is 23.5 Å². The van der Waals surface area contributed by atoms with Gasteiger partial charge in [0.05, 0.1) is 9.80 Å². The van der Waals surface area contributed by atoms with E-state index < -0.39 is 11.9 Å². The van der Waals surface area contributed by atoms with Gasteiger partial charge < -0.3 is 10.4 Å². The normalized spacial score (nSPS) is 16.7. The van der Waals surface area contributed by atoms with E-state index in [4.69, 9.17) is 5.11 Å². The van der Waals surface area contributed by atoms with Gasteiger partial charge in [0.15, 0.2) is 0 Å². The van der Waals surface area contributed by atoms with Gasteiger partial charge in [-0.1, -0.05) is 54.2 Å². The second-order valence-corrected chi connectivity index (χ2v) is 7.81. The summed E-state index contributed by atoms with van der Waals surface area (Å²) in [6.45, 7) is 0. The highest BCUT2D eigenvalue weighted by molar-refractivity contribution is 8.22. The number of carbonyl (C=O) groups is 2. The Balaban J connectivity index is 1.79. The smallest absolute Gasteiger partial charge is 0.335 e. The van der Waals surface area contributed by atoms with Crippen molar-refractivity contribution in [2.75, 3.05) is 0 Å². The maximum atomic E-state index is 12.3. The number of hydrogen-bond acceptors (Lipinski definition) is 5. The van der Waals surface area contributed by atoms with E-state index in [0.717, 1.165) is 11.1 Å². The van der Waals surface area contributed by atoms with Gasteiger partial charge in [-0.2, -0.15) is 5.26 Å². The lowest BCUT2D eigenvalue weighted by Gasteiger charge is -2.25. The monoisotopic (exact) mass is 382 g/mol. The molecule has 3 rings (SSSR count). The molecule has 2 aromatic carbocycles. The molecule has 0 radical (unpaired) electrons. The van der Waals surface area contributed by atoms with Crippen LogP contribution in [0.5, 0.6) is 0 Å². The van der Waals surface area contributed by atoms with Gasteiger partial charge in [-0.25, -0.2) is 4.79 Å². The molecule has 0 spiro atoms. The topological polar surface area (TPSA) is 90.2 Å². The minimum absolute atomic E-state index is 0.120. The third-order valence-corrected chi connectivity index (χ3v) is 6.33. The molecule has 1 aliphatic rings. The zero-order valence-corrected chi connectivity index (χ0v) is 15.1. The molecule has 7 heteroatoms. The van der Waals surface area contributed by atoms with Crippen molar-refractivity contribution >= 4 is 35.4 Å². The van der Waals surface area contributed by atoms with E-state index in [9.17, 15) is 14.9 Å². The van der Waals surface area contributed by atoms with Crippen molar-refractivity contribution in [3.8, 4) is 6.07 Å². The minimum atomic E-state index is -0.998. The largest absolute Gasteiger partial charge is 0.478 e. The van der Waals surface area contributed by atoms with Crippen LogP contribution in [0.2, 0.25) is 0 Å². The summed E-state index contributed by atoms with van der Waals surface area (Å²) in [6.07, 6.45) is 0. The molecule has 0 saturated heterocycles. The van der Waals surface area contributed by atoms with Gasteiger partial charge in [-0.05, 0) is 23.3 Å². The lowest BCUT2D eigenvalue weighted by atomic mass is 10.1. The summed E-state index contributed by atoms with van der Waals surface area (Å²) < 4.78 is 0.674. The molecule has 1 heterocycles. The van der Waals surface area contributed by atoms with Crippen molar-refractivity contribution in [1.82, 2.24) is 5.32 Å². The minimum Gasteiger partial charge on any atom is -0.478 e. The van der Waals surface area contributed by atoms with Crippen LogP contribution in [0.4, 0.5) is 0 Å². The summed E-state index contributed by atoms with van der Waals surface area (Å²) in [5, 5.41) is 20.7. The van der Waals surface area contributed by atoms with Crippen LogP contribution in [-0.2, 0) is 10.5 Å². The molecule has 1 aliphatic heterocycles. The first-order valence-corrected chi connectivity index (χ1v) is 9.57. The number of carbonyl (C=O) groups excluding carboxylic acids is 1. The number of thioether (sulfide) groups is 2. The number of nitriles is 1. The van der Waals surface area contributed by atoms with Crippen LogP contribution in [0.1, 0.15) is 26.9 Å². The molecule has 0 aliphatic carbocycles. The first-order valence-electron chi connectivity index (χ1n) is 7.70. The molecule has 0 unspecified atom stereocenters. The van der Waals surface area contributed by atoms with Gasteiger partial charge >= 0.3 is 5.97 Å². The van der Waals surface area contributed by atoms with Crippen LogP contribution in [0.15, 0.2) is 64.4 Å². The standard InChI is InChI=1S/C19H14N2O3S2/c20-10-15-16(22)21-17(13-6-8-14(9-7-13)18(23)24)26-19(15)25-11-12-4-2-1-3-5-12/h1-9,17H,11H2,(H,21,22)(H,23,24)/t17-/m0/s1. The number of benzene rings is 2. The summed E-state index contributed by atoms with van der Waals surface area (Å²) in [5.74, 6) is -0.747. The molecule has 5 nitrogen and oxygen atoms in total. The fourth-order valence-corrected chi connectivity index (χ4v) is 4.80. The highest BCUT2D eigenvalue weighted by atomic mass is 32.2. The van der Waals surface area contributed by atoms with Gasteiger partial charge in [0, 0.05) is 5.75 Å². The average molecular weight is 382 g/mol. The van der Waals surface area contributed by atoms with Crippen LogP contribution in [0, 0.1) is 11.3 Å². The van der Waals surface area contributed by atoms with Crippen molar-refractivity contribution in [3.05, 3.63) is 81.1 Å². The Hall–Kier alpha value is -2.69. The van der Waals surface area contributed by atoms with Crippen LogP contribution < -0.4 is 5.32 Å². The van der Waals surface area contributed by atoms with E-state index in [0.29, 0.717) is 9.99 Å². The van der Waals surface area contributed by atoms with E-state index in [-0.39, 0.29) is 16.5 Å². The molecule has 2 aromatic rings. The maximum absolute atomic E-state index is 12.3. The third kappa shape index (κ3) is 4.10. The number of nitrogens with one attached hydrogen (secondary N) is 1. The van der Waals surface area contributed by atoms with Gasteiger partial charge in [-0.3, -0.25) is 4.79 Å². The second-order valence-electron chi connectivity index (χ2n) is 5.45. The van der Waals surface area contributed by atoms with Crippen molar-refractivity contribution in [2.24, 2.45) is 0 Å². The first-order chi connectivity index (χ1) is 12.6. The van der Waals surface area contributed by atoms with Gasteiger partial charge in [0.2, 0.25) is 0 Å². The van der Waals surface area contributed by atoms with Crippen LogP contribution in [0.25, 0.3) is 0 Å². The lowest BCUT2D eigenvalue weighted by Crippen LogP contribution is -2.31. The molecule has 0 saturated carbocycles. The number of carboxylic acids is 1. The number of nitrogens with zero attached hydrogens (tertiary/aromatic N) is 1. The molecule has 0 fully saturated rings. The van der Waals surface area contributed by atoms with Crippen molar-refractivity contribution in [2.45, 2.75) is 11.1 Å².